The Kier molecular flexibility index (Phi) is 6.57. The van der Waals surface area contributed by atoms with Gasteiger partial charge in [-0.05, 0) is 70.2 Å². The van der Waals surface area contributed by atoms with E-state index in [9.17, 15) is 9.59 Å². The van der Waals surface area contributed by atoms with Crippen LogP contribution in [-0.4, -0.2) is 41.6 Å². The molecule has 0 aliphatic carbocycles. The van der Waals surface area contributed by atoms with Gasteiger partial charge in [-0.1, -0.05) is 6.07 Å². The highest BCUT2D eigenvalue weighted by atomic mass is 32.1. The molecule has 0 atom stereocenters. The van der Waals surface area contributed by atoms with Crippen molar-refractivity contribution < 1.29 is 14.3 Å². The molecule has 1 saturated heterocycles. The van der Waals surface area contributed by atoms with Crippen LogP contribution in [0.2, 0.25) is 0 Å². The number of rotatable bonds is 4. The van der Waals surface area contributed by atoms with E-state index < -0.39 is 0 Å². The van der Waals surface area contributed by atoms with Crippen molar-refractivity contribution in [1.29, 1.82) is 0 Å². The molecule has 2 aromatic rings. The highest BCUT2D eigenvalue weighted by Gasteiger charge is 2.28. The van der Waals surface area contributed by atoms with E-state index in [1.807, 2.05) is 6.92 Å². The predicted molar refractivity (Wildman–Crippen MR) is 116 cm³/mol. The Bertz CT molecular complexity index is 914. The van der Waals surface area contributed by atoms with Gasteiger partial charge in [0.05, 0.1) is 12.3 Å². The average molecular weight is 416 g/mol. The molecule has 1 fully saturated rings. The van der Waals surface area contributed by atoms with Crippen LogP contribution in [0.3, 0.4) is 0 Å². The van der Waals surface area contributed by atoms with Crippen molar-refractivity contribution in [2.75, 3.05) is 25.0 Å². The van der Waals surface area contributed by atoms with Gasteiger partial charge >= 0.3 is 6.09 Å². The molecule has 0 spiro atoms. The first-order valence-electron chi connectivity index (χ1n) is 10.1. The van der Waals surface area contributed by atoms with Crippen molar-refractivity contribution >= 4 is 28.5 Å². The van der Waals surface area contributed by atoms with Crippen LogP contribution < -0.4 is 5.32 Å². The second kappa shape index (κ2) is 8.95. The minimum atomic E-state index is -0.296. The van der Waals surface area contributed by atoms with Crippen LogP contribution in [0.4, 0.5) is 9.93 Å². The van der Waals surface area contributed by atoms with E-state index >= 15 is 0 Å². The molecule has 1 aliphatic rings. The van der Waals surface area contributed by atoms with Crippen LogP contribution in [0.1, 0.15) is 41.3 Å². The Balaban J connectivity index is 1.66. The molecule has 2 amide bonds. The number of carbonyl (C=O) groups excluding carboxylic acids is 2. The summed E-state index contributed by atoms with van der Waals surface area (Å²) in [5.41, 5.74) is 5.73. The summed E-state index contributed by atoms with van der Waals surface area (Å²) in [6, 6.07) is 4.35. The number of aryl methyl sites for hydroxylation is 4. The fourth-order valence-electron chi connectivity index (χ4n) is 3.66. The Morgan fingerprint density at radius 2 is 1.79 bits per heavy atom. The zero-order valence-electron chi connectivity index (χ0n) is 17.8. The summed E-state index contributed by atoms with van der Waals surface area (Å²) in [5, 5.41) is 3.62. The molecule has 156 valence electrons. The maximum absolute atomic E-state index is 12.7. The van der Waals surface area contributed by atoms with Gasteiger partial charge in [0.1, 0.15) is 0 Å². The molecular weight excluding hydrogens is 386 g/mol. The van der Waals surface area contributed by atoms with Gasteiger partial charge in [0.2, 0.25) is 5.91 Å². The fourth-order valence-corrected chi connectivity index (χ4v) is 4.49. The molecule has 7 heteroatoms. The van der Waals surface area contributed by atoms with E-state index in [0.29, 0.717) is 37.7 Å². The maximum atomic E-state index is 12.7. The van der Waals surface area contributed by atoms with Gasteiger partial charge in [0.15, 0.2) is 5.13 Å². The molecule has 2 heterocycles. The van der Waals surface area contributed by atoms with E-state index in [1.165, 1.54) is 28.0 Å². The number of piperidine rings is 1. The molecule has 29 heavy (non-hydrogen) atoms. The number of thiazole rings is 1. The summed E-state index contributed by atoms with van der Waals surface area (Å²) in [6.45, 7) is 11.6. The lowest BCUT2D eigenvalue weighted by Gasteiger charge is -2.30. The van der Waals surface area contributed by atoms with Gasteiger partial charge in [0, 0.05) is 29.4 Å². The van der Waals surface area contributed by atoms with Crippen molar-refractivity contribution in [3.63, 3.8) is 0 Å². The van der Waals surface area contributed by atoms with Gasteiger partial charge in [-0.25, -0.2) is 9.78 Å². The first-order chi connectivity index (χ1) is 13.8. The molecule has 0 bridgehead atoms. The molecule has 1 aromatic heterocycles. The summed E-state index contributed by atoms with van der Waals surface area (Å²) < 4.78 is 5.03. The number of hydrogen-bond acceptors (Lipinski definition) is 5. The lowest BCUT2D eigenvalue weighted by Crippen LogP contribution is -2.41. The fraction of sp³-hybridized carbons (Fsp3) is 0.500. The summed E-state index contributed by atoms with van der Waals surface area (Å²) in [4.78, 5) is 32.0. The second-order valence-electron chi connectivity index (χ2n) is 7.62. The van der Waals surface area contributed by atoms with Gasteiger partial charge in [-0.2, -0.15) is 0 Å². The molecule has 1 N–H and O–H groups in total. The zero-order valence-corrected chi connectivity index (χ0v) is 18.6. The van der Waals surface area contributed by atoms with Gasteiger partial charge in [-0.15, -0.1) is 11.3 Å². The van der Waals surface area contributed by atoms with Gasteiger partial charge in [0.25, 0.3) is 0 Å². The number of nitrogens with zero attached hydrogens (tertiary/aromatic N) is 2. The number of amides is 2. The lowest BCUT2D eigenvalue weighted by atomic mass is 9.96. The molecule has 3 rings (SSSR count). The molecule has 1 aromatic carbocycles. The monoisotopic (exact) mass is 415 g/mol. The maximum Gasteiger partial charge on any atom is 0.409 e. The van der Waals surface area contributed by atoms with E-state index in [2.05, 4.69) is 38.2 Å². The third kappa shape index (κ3) is 4.78. The number of benzene rings is 1. The van der Waals surface area contributed by atoms with Crippen LogP contribution >= 0.6 is 11.3 Å². The summed E-state index contributed by atoms with van der Waals surface area (Å²) in [6.07, 6.45) is 0.978. The van der Waals surface area contributed by atoms with Crippen molar-refractivity contribution in [3.05, 3.63) is 33.7 Å². The van der Waals surface area contributed by atoms with Crippen LogP contribution in [0.25, 0.3) is 11.3 Å². The van der Waals surface area contributed by atoms with Crippen molar-refractivity contribution in [3.8, 4) is 11.3 Å². The normalized spacial score (nSPS) is 14.7. The van der Waals surface area contributed by atoms with Crippen LogP contribution in [0.5, 0.6) is 0 Å². The number of hydrogen-bond donors (Lipinski definition) is 1. The number of anilines is 1. The quantitative estimate of drug-likeness (QED) is 0.775. The molecule has 6 nitrogen and oxygen atoms in total. The Morgan fingerprint density at radius 3 is 2.45 bits per heavy atom. The molecule has 0 radical (unpaired) electrons. The Labute approximate surface area is 176 Å². The number of aromatic nitrogens is 1. The Hall–Kier alpha value is -2.41. The third-order valence-corrected chi connectivity index (χ3v) is 6.40. The summed E-state index contributed by atoms with van der Waals surface area (Å²) in [5.74, 6) is -0.137. The first kappa shape index (κ1) is 21.3. The van der Waals surface area contributed by atoms with E-state index in [1.54, 1.807) is 11.8 Å². The molecule has 0 saturated carbocycles. The van der Waals surface area contributed by atoms with E-state index in [4.69, 9.17) is 9.72 Å². The predicted octanol–water partition coefficient (Wildman–Crippen LogP) is 4.85. The lowest BCUT2D eigenvalue weighted by molar-refractivity contribution is -0.121. The molecule has 1 aliphatic heterocycles. The Morgan fingerprint density at radius 1 is 1.14 bits per heavy atom. The molecule has 0 unspecified atom stereocenters. The van der Waals surface area contributed by atoms with Gasteiger partial charge < -0.3 is 15.0 Å². The largest absolute Gasteiger partial charge is 0.450 e. The van der Waals surface area contributed by atoms with Crippen LogP contribution in [0.15, 0.2) is 12.1 Å². The summed E-state index contributed by atoms with van der Waals surface area (Å²) in [7, 11) is 0. The SMILES string of the molecule is CCOC(=O)N1CCC(C(=O)Nc2nc(-c3cc(C)c(C)cc3C)c(C)s2)CC1. The highest BCUT2D eigenvalue weighted by Crippen LogP contribution is 2.34. The van der Waals surface area contributed by atoms with E-state index in [0.717, 1.165) is 16.1 Å². The number of likely N-dealkylation sites (tertiary alicyclic amines) is 1. The number of carbonyl (C=O) groups is 2. The third-order valence-electron chi connectivity index (χ3n) is 5.51. The zero-order chi connectivity index (χ0) is 21.1. The van der Waals surface area contributed by atoms with Crippen molar-refractivity contribution in [1.82, 2.24) is 9.88 Å². The van der Waals surface area contributed by atoms with Gasteiger partial charge in [-0.3, -0.25) is 4.79 Å². The highest BCUT2D eigenvalue weighted by molar-refractivity contribution is 7.16. The number of ether oxygens (including phenoxy) is 1. The average Bonchev–Trinajstić information content (AvgIpc) is 3.04. The standard InChI is InChI=1S/C22H29N3O3S/c1-6-28-22(27)25-9-7-17(8-10-25)20(26)24-21-23-19(16(5)29-21)18-12-14(3)13(2)11-15(18)4/h11-12,17H,6-10H2,1-5H3,(H,23,24,26). The smallest absolute Gasteiger partial charge is 0.409 e. The number of nitrogens with one attached hydrogen (secondary N) is 1. The summed E-state index contributed by atoms with van der Waals surface area (Å²) >= 11 is 1.50. The van der Waals surface area contributed by atoms with Crippen LogP contribution in [-0.2, 0) is 9.53 Å². The first-order valence-corrected chi connectivity index (χ1v) is 10.9. The van der Waals surface area contributed by atoms with Crippen molar-refractivity contribution in [2.24, 2.45) is 5.92 Å². The minimum Gasteiger partial charge on any atom is -0.450 e. The molecular formula is C22H29N3O3S. The second-order valence-corrected chi connectivity index (χ2v) is 8.83. The van der Waals surface area contributed by atoms with E-state index in [-0.39, 0.29) is 17.9 Å². The minimum absolute atomic E-state index is 0.0226. The van der Waals surface area contributed by atoms with Crippen molar-refractivity contribution in [2.45, 2.75) is 47.5 Å². The topological polar surface area (TPSA) is 71.5 Å². The van der Waals surface area contributed by atoms with Crippen LogP contribution in [0, 0.1) is 33.6 Å².